The Hall–Kier alpha value is -1.63. The second-order valence-corrected chi connectivity index (χ2v) is 5.29. The third kappa shape index (κ3) is 6.01. The van der Waals surface area contributed by atoms with Crippen molar-refractivity contribution in [3.63, 3.8) is 0 Å². The molecule has 6 nitrogen and oxygen atoms in total. The maximum atomic E-state index is 11.9. The van der Waals surface area contributed by atoms with Gasteiger partial charge >= 0.3 is 0 Å². The van der Waals surface area contributed by atoms with Crippen molar-refractivity contribution >= 4 is 5.91 Å². The Morgan fingerprint density at radius 1 is 1.23 bits per heavy atom. The number of amides is 1. The number of methoxy groups -OCH3 is 1. The van der Waals surface area contributed by atoms with E-state index in [1.165, 1.54) is 0 Å². The monoisotopic (exact) mass is 307 g/mol. The number of hydrogen-bond acceptors (Lipinski definition) is 5. The van der Waals surface area contributed by atoms with E-state index in [2.05, 4.69) is 15.5 Å². The van der Waals surface area contributed by atoms with Crippen molar-refractivity contribution in [1.29, 1.82) is 0 Å². The maximum absolute atomic E-state index is 11.9. The van der Waals surface area contributed by atoms with E-state index in [0.29, 0.717) is 26.3 Å². The van der Waals surface area contributed by atoms with Gasteiger partial charge in [-0.05, 0) is 17.7 Å². The fraction of sp³-hybridized carbons (Fsp3) is 0.562. The molecule has 0 saturated carbocycles. The first-order valence-electron chi connectivity index (χ1n) is 7.68. The summed E-state index contributed by atoms with van der Waals surface area (Å²) < 4.78 is 10.4. The molecular formula is C16H25N3O3. The molecule has 1 amide bonds. The highest BCUT2D eigenvalue weighted by molar-refractivity contribution is 5.78. The fourth-order valence-electron chi connectivity index (χ4n) is 2.28. The van der Waals surface area contributed by atoms with Gasteiger partial charge in [0.15, 0.2) is 0 Å². The molecule has 0 atom stereocenters. The molecule has 1 aromatic rings. The summed E-state index contributed by atoms with van der Waals surface area (Å²) >= 11 is 0. The summed E-state index contributed by atoms with van der Waals surface area (Å²) in [5, 5.41) is 6.23. The highest BCUT2D eigenvalue weighted by Crippen LogP contribution is 2.11. The number of carbonyl (C=O) groups excluding carboxylic acids is 1. The molecule has 1 aliphatic heterocycles. The second-order valence-electron chi connectivity index (χ2n) is 5.29. The number of hydrogen-bond donors (Lipinski definition) is 2. The highest BCUT2D eigenvalue weighted by atomic mass is 16.5. The molecule has 0 spiro atoms. The van der Waals surface area contributed by atoms with Crippen LogP contribution in [0.5, 0.6) is 5.75 Å². The summed E-state index contributed by atoms with van der Waals surface area (Å²) in [6.45, 7) is 5.90. The standard InChI is InChI=1S/C16H25N3O3/c1-21-10-11-22-15-4-2-14(3-5-15)12-18-16(20)13-19-8-6-17-7-9-19/h2-5,17H,6-13H2,1H3,(H,18,20). The van der Waals surface area contributed by atoms with Gasteiger partial charge in [0.2, 0.25) is 5.91 Å². The van der Waals surface area contributed by atoms with Gasteiger partial charge in [-0.25, -0.2) is 0 Å². The molecule has 1 saturated heterocycles. The molecule has 0 aromatic heterocycles. The lowest BCUT2D eigenvalue weighted by atomic mass is 10.2. The zero-order chi connectivity index (χ0) is 15.6. The number of piperazine rings is 1. The van der Waals surface area contributed by atoms with Gasteiger partial charge in [0.25, 0.3) is 0 Å². The number of nitrogens with zero attached hydrogens (tertiary/aromatic N) is 1. The van der Waals surface area contributed by atoms with E-state index in [4.69, 9.17) is 9.47 Å². The van der Waals surface area contributed by atoms with Gasteiger partial charge in [-0.15, -0.1) is 0 Å². The van der Waals surface area contributed by atoms with Crippen LogP contribution in [0.1, 0.15) is 5.56 Å². The Morgan fingerprint density at radius 3 is 2.64 bits per heavy atom. The predicted molar refractivity (Wildman–Crippen MR) is 85.0 cm³/mol. The third-order valence-corrected chi connectivity index (χ3v) is 3.55. The molecule has 1 fully saturated rings. The van der Waals surface area contributed by atoms with Crippen LogP contribution in [-0.2, 0) is 16.1 Å². The summed E-state index contributed by atoms with van der Waals surface area (Å²) in [5.41, 5.74) is 1.06. The first-order chi connectivity index (χ1) is 10.8. The van der Waals surface area contributed by atoms with Crippen molar-refractivity contribution in [2.75, 3.05) is 53.0 Å². The molecule has 2 N–H and O–H groups in total. The third-order valence-electron chi connectivity index (χ3n) is 3.55. The summed E-state index contributed by atoms with van der Waals surface area (Å²) in [6.07, 6.45) is 0. The number of nitrogens with one attached hydrogen (secondary N) is 2. The number of benzene rings is 1. The topological polar surface area (TPSA) is 62.8 Å². The Bertz CT molecular complexity index is 444. The Morgan fingerprint density at radius 2 is 1.95 bits per heavy atom. The van der Waals surface area contributed by atoms with Gasteiger partial charge in [0.05, 0.1) is 13.2 Å². The lowest BCUT2D eigenvalue weighted by Crippen LogP contribution is -2.47. The molecule has 1 aromatic carbocycles. The number of carbonyl (C=O) groups is 1. The van der Waals surface area contributed by atoms with E-state index in [1.807, 2.05) is 24.3 Å². The lowest BCUT2D eigenvalue weighted by molar-refractivity contribution is -0.122. The number of ether oxygens (including phenoxy) is 2. The maximum Gasteiger partial charge on any atom is 0.234 e. The summed E-state index contributed by atoms with van der Waals surface area (Å²) in [4.78, 5) is 14.1. The second kappa shape index (κ2) is 9.40. The van der Waals surface area contributed by atoms with Gasteiger partial charge in [0, 0.05) is 39.8 Å². The van der Waals surface area contributed by atoms with Crippen molar-refractivity contribution in [2.45, 2.75) is 6.54 Å². The van der Waals surface area contributed by atoms with Crippen LogP contribution in [0.15, 0.2) is 24.3 Å². The fourth-order valence-corrected chi connectivity index (χ4v) is 2.28. The summed E-state index contributed by atoms with van der Waals surface area (Å²) in [6, 6.07) is 7.75. The van der Waals surface area contributed by atoms with Crippen LogP contribution < -0.4 is 15.4 Å². The first kappa shape index (κ1) is 16.7. The average molecular weight is 307 g/mol. The normalized spacial score (nSPS) is 15.5. The summed E-state index contributed by atoms with van der Waals surface area (Å²) in [5.74, 6) is 0.885. The van der Waals surface area contributed by atoms with E-state index in [0.717, 1.165) is 37.5 Å². The molecule has 22 heavy (non-hydrogen) atoms. The SMILES string of the molecule is COCCOc1ccc(CNC(=O)CN2CCNCC2)cc1. The van der Waals surface area contributed by atoms with Crippen LogP contribution in [0.3, 0.4) is 0 Å². The van der Waals surface area contributed by atoms with Crippen LogP contribution in [0, 0.1) is 0 Å². The zero-order valence-corrected chi connectivity index (χ0v) is 13.1. The van der Waals surface area contributed by atoms with E-state index in [9.17, 15) is 4.79 Å². The zero-order valence-electron chi connectivity index (χ0n) is 13.1. The quantitative estimate of drug-likeness (QED) is 0.673. The Labute approximate surface area is 131 Å². The van der Waals surface area contributed by atoms with E-state index >= 15 is 0 Å². The van der Waals surface area contributed by atoms with Crippen molar-refractivity contribution in [3.05, 3.63) is 29.8 Å². The van der Waals surface area contributed by atoms with Gasteiger partial charge < -0.3 is 20.1 Å². The van der Waals surface area contributed by atoms with Crippen LogP contribution in [-0.4, -0.2) is 63.9 Å². The van der Waals surface area contributed by atoms with E-state index in [1.54, 1.807) is 7.11 Å². The Balaban J connectivity index is 1.68. The molecule has 6 heteroatoms. The molecular weight excluding hydrogens is 282 g/mol. The smallest absolute Gasteiger partial charge is 0.234 e. The van der Waals surface area contributed by atoms with E-state index in [-0.39, 0.29) is 5.91 Å². The van der Waals surface area contributed by atoms with Gasteiger partial charge in [-0.2, -0.15) is 0 Å². The van der Waals surface area contributed by atoms with Gasteiger partial charge in [-0.3, -0.25) is 9.69 Å². The van der Waals surface area contributed by atoms with Gasteiger partial charge in [0.1, 0.15) is 12.4 Å². The summed E-state index contributed by atoms with van der Waals surface area (Å²) in [7, 11) is 1.65. The molecule has 0 aliphatic carbocycles. The first-order valence-corrected chi connectivity index (χ1v) is 7.68. The van der Waals surface area contributed by atoms with Crippen molar-refractivity contribution < 1.29 is 14.3 Å². The molecule has 0 bridgehead atoms. The predicted octanol–water partition coefficient (Wildman–Crippen LogP) is 0.233. The van der Waals surface area contributed by atoms with Crippen molar-refractivity contribution in [3.8, 4) is 5.75 Å². The van der Waals surface area contributed by atoms with Crippen LogP contribution >= 0.6 is 0 Å². The highest BCUT2D eigenvalue weighted by Gasteiger charge is 2.12. The molecule has 0 unspecified atom stereocenters. The van der Waals surface area contributed by atoms with Crippen molar-refractivity contribution in [2.24, 2.45) is 0 Å². The van der Waals surface area contributed by atoms with Crippen LogP contribution in [0.4, 0.5) is 0 Å². The average Bonchev–Trinajstić information content (AvgIpc) is 2.55. The van der Waals surface area contributed by atoms with Crippen LogP contribution in [0.2, 0.25) is 0 Å². The minimum Gasteiger partial charge on any atom is -0.491 e. The molecule has 1 heterocycles. The largest absolute Gasteiger partial charge is 0.491 e. The van der Waals surface area contributed by atoms with E-state index < -0.39 is 0 Å². The van der Waals surface area contributed by atoms with Gasteiger partial charge in [-0.1, -0.05) is 12.1 Å². The molecule has 122 valence electrons. The molecule has 1 aliphatic rings. The minimum absolute atomic E-state index is 0.0716. The molecule has 0 radical (unpaired) electrons. The minimum atomic E-state index is 0.0716. The van der Waals surface area contributed by atoms with Crippen molar-refractivity contribution in [1.82, 2.24) is 15.5 Å². The Kier molecular flexibility index (Phi) is 7.15. The lowest BCUT2D eigenvalue weighted by Gasteiger charge is -2.26. The van der Waals surface area contributed by atoms with Crippen LogP contribution in [0.25, 0.3) is 0 Å². The molecule has 2 rings (SSSR count). The number of rotatable bonds is 8.